The Hall–Kier alpha value is -1.85. The number of aromatic nitrogens is 1. The molecule has 2 atom stereocenters. The second-order valence-electron chi connectivity index (χ2n) is 4.21. The normalized spacial score (nSPS) is 24.2. The molecule has 6 heteroatoms. The van der Waals surface area contributed by atoms with E-state index in [4.69, 9.17) is 5.11 Å². The van der Waals surface area contributed by atoms with Gasteiger partial charge >= 0.3 is 5.97 Å². The van der Waals surface area contributed by atoms with E-state index in [9.17, 15) is 9.59 Å². The van der Waals surface area contributed by atoms with E-state index in [0.717, 1.165) is 12.8 Å². The fraction of sp³-hybridized carbons (Fsp3) is 0.545. The maximum Gasteiger partial charge on any atom is 0.307 e. The Morgan fingerprint density at radius 2 is 2.06 bits per heavy atom. The van der Waals surface area contributed by atoms with Crippen LogP contribution >= 0.6 is 0 Å². The first kappa shape index (κ1) is 11.6. The van der Waals surface area contributed by atoms with Crippen LogP contribution in [0.4, 0.5) is 5.82 Å². The van der Waals surface area contributed by atoms with Crippen LogP contribution < -0.4 is 5.32 Å². The van der Waals surface area contributed by atoms with E-state index in [0.29, 0.717) is 18.7 Å². The number of carboxylic acids is 1. The number of nitrogens with zero attached hydrogens (tertiary/aromatic N) is 1. The van der Waals surface area contributed by atoms with E-state index in [2.05, 4.69) is 15.0 Å². The number of carbonyl (C=O) groups is 2. The predicted octanol–water partition coefficient (Wildman–Crippen LogP) is 1.50. The molecule has 1 aromatic rings. The van der Waals surface area contributed by atoms with Gasteiger partial charge in [0.1, 0.15) is 6.26 Å². The smallest absolute Gasteiger partial charge is 0.307 e. The fourth-order valence-electron chi connectivity index (χ4n) is 2.24. The molecule has 17 heavy (non-hydrogen) atoms. The largest absolute Gasteiger partial charge is 0.481 e. The molecule has 1 saturated carbocycles. The third kappa shape index (κ3) is 2.64. The average molecular weight is 238 g/mol. The van der Waals surface area contributed by atoms with Gasteiger partial charge in [0.25, 0.3) is 0 Å². The van der Waals surface area contributed by atoms with Crippen LogP contribution in [0.25, 0.3) is 0 Å². The van der Waals surface area contributed by atoms with Crippen molar-refractivity contribution in [1.29, 1.82) is 0 Å². The van der Waals surface area contributed by atoms with Gasteiger partial charge in [0.15, 0.2) is 5.82 Å². The van der Waals surface area contributed by atoms with Crippen LogP contribution in [-0.2, 0) is 9.59 Å². The van der Waals surface area contributed by atoms with Gasteiger partial charge in [-0.25, -0.2) is 0 Å². The zero-order valence-corrected chi connectivity index (χ0v) is 9.26. The molecule has 1 amide bonds. The van der Waals surface area contributed by atoms with Gasteiger partial charge in [-0.05, 0) is 12.8 Å². The van der Waals surface area contributed by atoms with Crippen LogP contribution in [0, 0.1) is 11.8 Å². The number of aliphatic carboxylic acids is 1. The lowest BCUT2D eigenvalue weighted by atomic mass is 9.79. The number of carboxylic acid groups (broad SMARTS) is 1. The molecule has 0 saturated heterocycles. The van der Waals surface area contributed by atoms with Gasteiger partial charge in [0, 0.05) is 6.07 Å². The minimum atomic E-state index is -0.898. The Labute approximate surface area is 98.0 Å². The predicted molar refractivity (Wildman–Crippen MR) is 58.2 cm³/mol. The molecule has 0 radical (unpaired) electrons. The molecule has 0 aliphatic heterocycles. The highest BCUT2D eigenvalue weighted by Crippen LogP contribution is 2.31. The van der Waals surface area contributed by atoms with Gasteiger partial charge in [0.05, 0.1) is 11.8 Å². The van der Waals surface area contributed by atoms with Gasteiger partial charge in [-0.15, -0.1) is 0 Å². The van der Waals surface area contributed by atoms with Crippen LogP contribution in [0.5, 0.6) is 0 Å². The Morgan fingerprint density at radius 3 is 2.65 bits per heavy atom. The summed E-state index contributed by atoms with van der Waals surface area (Å²) in [6, 6.07) is 1.52. The van der Waals surface area contributed by atoms with Gasteiger partial charge in [-0.2, -0.15) is 0 Å². The zero-order chi connectivity index (χ0) is 12.3. The number of anilines is 1. The van der Waals surface area contributed by atoms with Gasteiger partial charge < -0.3 is 14.9 Å². The highest BCUT2D eigenvalue weighted by Gasteiger charge is 2.35. The molecular formula is C11H14N2O4. The van der Waals surface area contributed by atoms with Crippen LogP contribution in [-0.4, -0.2) is 22.1 Å². The number of nitrogens with one attached hydrogen (secondary N) is 1. The highest BCUT2D eigenvalue weighted by molar-refractivity contribution is 5.94. The summed E-state index contributed by atoms with van der Waals surface area (Å²) < 4.78 is 4.60. The minimum absolute atomic E-state index is 0.286. The third-order valence-electron chi connectivity index (χ3n) is 3.11. The van der Waals surface area contributed by atoms with E-state index >= 15 is 0 Å². The second kappa shape index (κ2) is 4.99. The standard InChI is InChI=1S/C11H14N2O4/c14-10(12-9-5-6-17-13-9)7-3-1-2-4-8(7)11(15)16/h5-8H,1-4H2,(H,15,16)(H,12,13,14)/t7-,8+/m0/s1. The Kier molecular flexibility index (Phi) is 3.41. The van der Waals surface area contributed by atoms with Crippen molar-refractivity contribution in [3.63, 3.8) is 0 Å². The summed E-state index contributed by atoms with van der Waals surface area (Å²) in [6.45, 7) is 0. The molecule has 2 N–H and O–H groups in total. The van der Waals surface area contributed by atoms with Crippen molar-refractivity contribution in [3.8, 4) is 0 Å². The van der Waals surface area contributed by atoms with Crippen molar-refractivity contribution in [1.82, 2.24) is 5.16 Å². The molecule has 2 rings (SSSR count). The maximum absolute atomic E-state index is 11.9. The molecule has 0 aromatic carbocycles. The molecule has 6 nitrogen and oxygen atoms in total. The molecule has 1 aliphatic carbocycles. The Balaban J connectivity index is 2.03. The van der Waals surface area contributed by atoms with Gasteiger partial charge in [-0.1, -0.05) is 18.0 Å². The number of hydrogen-bond acceptors (Lipinski definition) is 4. The summed E-state index contributed by atoms with van der Waals surface area (Å²) in [5.74, 6) is -1.92. The van der Waals surface area contributed by atoms with E-state index in [1.165, 1.54) is 12.3 Å². The van der Waals surface area contributed by atoms with Gasteiger partial charge in [0.2, 0.25) is 5.91 Å². The van der Waals surface area contributed by atoms with E-state index in [-0.39, 0.29) is 5.91 Å². The van der Waals surface area contributed by atoms with Crippen LogP contribution in [0.1, 0.15) is 25.7 Å². The summed E-state index contributed by atoms with van der Waals surface area (Å²) in [7, 11) is 0. The quantitative estimate of drug-likeness (QED) is 0.832. The maximum atomic E-state index is 11.9. The third-order valence-corrected chi connectivity index (χ3v) is 3.11. The molecule has 1 aliphatic rings. The summed E-state index contributed by atoms with van der Waals surface area (Å²) >= 11 is 0. The van der Waals surface area contributed by atoms with E-state index in [1.54, 1.807) is 0 Å². The summed E-state index contributed by atoms with van der Waals surface area (Å²) in [5, 5.41) is 15.2. The van der Waals surface area contributed by atoms with Crippen LogP contribution in [0.2, 0.25) is 0 Å². The van der Waals surface area contributed by atoms with Crippen LogP contribution in [0.3, 0.4) is 0 Å². The Morgan fingerprint density at radius 1 is 1.35 bits per heavy atom. The van der Waals surface area contributed by atoms with Crippen molar-refractivity contribution in [3.05, 3.63) is 12.3 Å². The lowest BCUT2D eigenvalue weighted by Gasteiger charge is -2.26. The summed E-state index contributed by atoms with van der Waals surface area (Å²) in [6.07, 6.45) is 4.28. The van der Waals surface area contributed by atoms with E-state index in [1.807, 2.05) is 0 Å². The topological polar surface area (TPSA) is 92.4 Å². The van der Waals surface area contributed by atoms with Crippen molar-refractivity contribution in [2.75, 3.05) is 5.32 Å². The molecule has 92 valence electrons. The first-order valence-electron chi connectivity index (χ1n) is 5.62. The SMILES string of the molecule is O=C(Nc1ccon1)[C@H]1CCCC[C@H]1C(=O)O. The molecular weight excluding hydrogens is 224 g/mol. The second-order valence-corrected chi connectivity index (χ2v) is 4.21. The van der Waals surface area contributed by atoms with Crippen LogP contribution in [0.15, 0.2) is 16.9 Å². The zero-order valence-electron chi connectivity index (χ0n) is 9.26. The fourth-order valence-corrected chi connectivity index (χ4v) is 2.24. The molecule has 0 spiro atoms. The van der Waals surface area contributed by atoms with Crippen molar-refractivity contribution in [2.24, 2.45) is 11.8 Å². The molecule has 0 unspecified atom stereocenters. The van der Waals surface area contributed by atoms with Crippen molar-refractivity contribution < 1.29 is 19.2 Å². The van der Waals surface area contributed by atoms with E-state index < -0.39 is 17.8 Å². The monoisotopic (exact) mass is 238 g/mol. The number of carbonyl (C=O) groups excluding carboxylic acids is 1. The average Bonchev–Trinajstić information content (AvgIpc) is 2.81. The summed E-state index contributed by atoms with van der Waals surface area (Å²) in [4.78, 5) is 23.0. The lowest BCUT2D eigenvalue weighted by Crippen LogP contribution is -2.36. The number of amides is 1. The first-order valence-corrected chi connectivity index (χ1v) is 5.62. The molecule has 1 fully saturated rings. The molecule has 0 bridgehead atoms. The molecule has 1 heterocycles. The minimum Gasteiger partial charge on any atom is -0.481 e. The Bertz CT molecular complexity index is 402. The number of rotatable bonds is 3. The highest BCUT2D eigenvalue weighted by atomic mass is 16.5. The van der Waals surface area contributed by atoms with Crippen molar-refractivity contribution in [2.45, 2.75) is 25.7 Å². The first-order chi connectivity index (χ1) is 8.18. The lowest BCUT2D eigenvalue weighted by molar-refractivity contribution is -0.147. The summed E-state index contributed by atoms with van der Waals surface area (Å²) in [5.41, 5.74) is 0. The van der Waals surface area contributed by atoms with Crippen molar-refractivity contribution >= 4 is 17.7 Å². The molecule has 1 aromatic heterocycles. The number of hydrogen-bond donors (Lipinski definition) is 2. The van der Waals surface area contributed by atoms with Gasteiger partial charge in [-0.3, -0.25) is 9.59 Å².